The lowest BCUT2D eigenvalue weighted by Gasteiger charge is -2.35. The lowest BCUT2D eigenvalue weighted by atomic mass is 9.86. The molecule has 1 saturated carbocycles. The summed E-state index contributed by atoms with van der Waals surface area (Å²) in [6.45, 7) is 2.76. The van der Waals surface area contributed by atoms with Gasteiger partial charge in [0, 0.05) is 44.7 Å². The molecule has 154 valence electrons. The third kappa shape index (κ3) is 4.52. The fourth-order valence-electron chi connectivity index (χ4n) is 4.06. The van der Waals surface area contributed by atoms with Crippen molar-refractivity contribution in [3.8, 4) is 0 Å². The van der Waals surface area contributed by atoms with Crippen molar-refractivity contribution in [2.45, 2.75) is 50.3 Å². The number of hydrogen-bond acceptors (Lipinski definition) is 5. The summed E-state index contributed by atoms with van der Waals surface area (Å²) in [4.78, 5) is 24.7. The van der Waals surface area contributed by atoms with Crippen LogP contribution in [0.4, 0.5) is 5.69 Å². The first kappa shape index (κ1) is 20.7. The van der Waals surface area contributed by atoms with Crippen LogP contribution in [-0.2, 0) is 14.8 Å². The first-order valence-electron chi connectivity index (χ1n) is 9.82. The Labute approximate surface area is 165 Å². The van der Waals surface area contributed by atoms with Crippen LogP contribution in [0.1, 0.15) is 44.1 Å². The van der Waals surface area contributed by atoms with Gasteiger partial charge < -0.3 is 4.90 Å². The van der Waals surface area contributed by atoms with E-state index in [1.165, 1.54) is 35.7 Å². The molecule has 1 saturated heterocycles. The Hall–Kier alpha value is -2.00. The quantitative estimate of drug-likeness (QED) is 0.550. The minimum atomic E-state index is -3.83. The third-order valence-corrected chi connectivity index (χ3v) is 7.82. The van der Waals surface area contributed by atoms with Crippen LogP contribution < -0.4 is 0 Å². The number of amides is 1. The summed E-state index contributed by atoms with van der Waals surface area (Å²) < 4.78 is 27.3. The van der Waals surface area contributed by atoms with Gasteiger partial charge in [-0.25, -0.2) is 8.42 Å². The molecule has 0 aromatic heterocycles. The second-order valence-electron chi connectivity index (χ2n) is 7.70. The van der Waals surface area contributed by atoms with E-state index in [2.05, 4.69) is 0 Å². The molecular formula is C19H27N3O5S. The van der Waals surface area contributed by atoms with Gasteiger partial charge in [0.15, 0.2) is 0 Å². The first-order valence-corrected chi connectivity index (χ1v) is 11.3. The highest BCUT2D eigenvalue weighted by Crippen LogP contribution is 2.28. The zero-order chi connectivity index (χ0) is 20.3. The van der Waals surface area contributed by atoms with E-state index >= 15 is 0 Å². The fourth-order valence-corrected chi connectivity index (χ4v) is 5.73. The Morgan fingerprint density at radius 1 is 1.14 bits per heavy atom. The molecular weight excluding hydrogens is 382 g/mol. The first-order chi connectivity index (χ1) is 13.3. The summed E-state index contributed by atoms with van der Waals surface area (Å²) in [6, 6.07) is 3.87. The minimum Gasteiger partial charge on any atom is -0.340 e. The molecule has 1 aromatic rings. The number of aryl methyl sites for hydroxylation is 1. The molecule has 0 radical (unpaired) electrons. The minimum absolute atomic E-state index is 0.0383. The number of nitrogens with zero attached hydrogens (tertiary/aromatic N) is 3. The van der Waals surface area contributed by atoms with Crippen LogP contribution in [0.25, 0.3) is 0 Å². The smallest absolute Gasteiger partial charge is 0.270 e. The molecule has 28 heavy (non-hydrogen) atoms. The molecule has 1 aliphatic carbocycles. The monoisotopic (exact) mass is 409 g/mol. The molecule has 1 amide bonds. The number of piperazine rings is 1. The number of benzene rings is 1. The second-order valence-corrected chi connectivity index (χ2v) is 9.61. The number of carbonyl (C=O) groups is 1. The van der Waals surface area contributed by atoms with Gasteiger partial charge in [0.1, 0.15) is 0 Å². The number of sulfonamides is 1. The number of rotatable bonds is 5. The van der Waals surface area contributed by atoms with E-state index in [1.807, 2.05) is 0 Å². The van der Waals surface area contributed by atoms with Crippen LogP contribution in [-0.4, -0.2) is 54.6 Å². The van der Waals surface area contributed by atoms with E-state index < -0.39 is 14.9 Å². The molecule has 0 spiro atoms. The van der Waals surface area contributed by atoms with Gasteiger partial charge >= 0.3 is 0 Å². The molecule has 0 unspecified atom stereocenters. The molecule has 9 heteroatoms. The molecule has 1 aromatic carbocycles. The van der Waals surface area contributed by atoms with E-state index in [-0.39, 0.29) is 29.6 Å². The van der Waals surface area contributed by atoms with Crippen molar-refractivity contribution < 1.29 is 18.1 Å². The number of nitro benzene ring substituents is 1. The Morgan fingerprint density at radius 2 is 1.79 bits per heavy atom. The molecule has 2 aliphatic rings. The van der Waals surface area contributed by atoms with Gasteiger partial charge in [-0.2, -0.15) is 4.31 Å². The maximum Gasteiger partial charge on any atom is 0.270 e. The number of nitro groups is 1. The van der Waals surface area contributed by atoms with Crippen molar-refractivity contribution in [2.24, 2.45) is 5.92 Å². The van der Waals surface area contributed by atoms with Gasteiger partial charge in [-0.15, -0.1) is 0 Å². The molecule has 0 atom stereocenters. The van der Waals surface area contributed by atoms with Crippen LogP contribution in [0.3, 0.4) is 0 Å². The topological polar surface area (TPSA) is 101 Å². The van der Waals surface area contributed by atoms with E-state index in [4.69, 9.17) is 0 Å². The molecule has 0 N–H and O–H groups in total. The highest BCUT2D eigenvalue weighted by atomic mass is 32.2. The van der Waals surface area contributed by atoms with Crippen molar-refractivity contribution in [1.82, 2.24) is 9.21 Å². The zero-order valence-corrected chi connectivity index (χ0v) is 17.0. The summed E-state index contributed by atoms with van der Waals surface area (Å²) in [7, 11) is -3.83. The average molecular weight is 410 g/mol. The van der Waals surface area contributed by atoms with Gasteiger partial charge in [-0.1, -0.05) is 25.3 Å². The van der Waals surface area contributed by atoms with E-state index in [0.717, 1.165) is 18.9 Å². The third-order valence-electron chi connectivity index (χ3n) is 5.78. The zero-order valence-electron chi connectivity index (χ0n) is 16.2. The van der Waals surface area contributed by atoms with Crippen molar-refractivity contribution in [1.29, 1.82) is 0 Å². The normalized spacial score (nSPS) is 19.5. The van der Waals surface area contributed by atoms with Gasteiger partial charge in [-0.3, -0.25) is 14.9 Å². The molecule has 2 fully saturated rings. The summed E-state index contributed by atoms with van der Waals surface area (Å²) in [6.07, 6.45) is 6.38. The summed E-state index contributed by atoms with van der Waals surface area (Å²) in [5.74, 6) is 0.561. The molecule has 0 bridgehead atoms. The average Bonchev–Trinajstić information content (AvgIpc) is 2.69. The number of carbonyl (C=O) groups excluding carboxylic acids is 1. The van der Waals surface area contributed by atoms with Crippen LogP contribution in [0, 0.1) is 23.0 Å². The summed E-state index contributed by atoms with van der Waals surface area (Å²) >= 11 is 0. The van der Waals surface area contributed by atoms with Crippen molar-refractivity contribution >= 4 is 21.6 Å². The van der Waals surface area contributed by atoms with Gasteiger partial charge in [0.05, 0.1) is 9.82 Å². The van der Waals surface area contributed by atoms with E-state index in [1.54, 1.807) is 11.8 Å². The largest absolute Gasteiger partial charge is 0.340 e. The van der Waals surface area contributed by atoms with Crippen LogP contribution in [0.15, 0.2) is 23.1 Å². The number of non-ortho nitro benzene ring substituents is 1. The Kier molecular flexibility index (Phi) is 6.34. The molecule has 3 rings (SSSR count). The molecule has 1 aliphatic heterocycles. The highest BCUT2D eigenvalue weighted by molar-refractivity contribution is 7.89. The van der Waals surface area contributed by atoms with E-state index in [0.29, 0.717) is 31.0 Å². The number of hydrogen-bond donors (Lipinski definition) is 0. The van der Waals surface area contributed by atoms with Gasteiger partial charge in [0.25, 0.3) is 5.69 Å². The van der Waals surface area contributed by atoms with Crippen LogP contribution >= 0.6 is 0 Å². The maximum atomic E-state index is 13.0. The second kappa shape index (κ2) is 8.57. The Balaban J connectivity index is 1.64. The Bertz CT molecular complexity index is 841. The fraction of sp³-hybridized carbons (Fsp3) is 0.632. The van der Waals surface area contributed by atoms with Crippen LogP contribution in [0.2, 0.25) is 0 Å². The summed E-state index contributed by atoms with van der Waals surface area (Å²) in [5.41, 5.74) is 0.229. The van der Waals surface area contributed by atoms with Crippen molar-refractivity contribution in [3.05, 3.63) is 33.9 Å². The van der Waals surface area contributed by atoms with Gasteiger partial charge in [0.2, 0.25) is 15.9 Å². The lowest BCUT2D eigenvalue weighted by molar-refractivity contribution is -0.385. The maximum absolute atomic E-state index is 13.0. The lowest BCUT2D eigenvalue weighted by Crippen LogP contribution is -2.50. The Morgan fingerprint density at radius 3 is 2.39 bits per heavy atom. The van der Waals surface area contributed by atoms with E-state index in [9.17, 15) is 23.3 Å². The predicted octanol–water partition coefficient (Wildman–Crippen LogP) is 2.71. The SMILES string of the molecule is Cc1ccc([N+](=O)[O-])cc1S(=O)(=O)N1CCN(C(=O)CC2CCCCC2)CC1. The predicted molar refractivity (Wildman–Crippen MR) is 104 cm³/mol. The molecule has 1 heterocycles. The molecule has 8 nitrogen and oxygen atoms in total. The van der Waals surface area contributed by atoms with Crippen molar-refractivity contribution in [3.63, 3.8) is 0 Å². The summed E-state index contributed by atoms with van der Waals surface area (Å²) in [5, 5.41) is 11.0. The highest BCUT2D eigenvalue weighted by Gasteiger charge is 2.32. The van der Waals surface area contributed by atoms with Gasteiger partial charge in [-0.05, 0) is 31.2 Å². The van der Waals surface area contributed by atoms with Crippen molar-refractivity contribution in [2.75, 3.05) is 26.2 Å². The standard InChI is InChI=1S/C19H27N3O5S/c1-15-7-8-17(22(24)25)14-18(15)28(26,27)21-11-9-20(10-12-21)19(23)13-16-5-3-2-4-6-16/h7-8,14,16H,2-6,9-13H2,1H3. The van der Waals surface area contributed by atoms with Crippen LogP contribution in [0.5, 0.6) is 0 Å².